The van der Waals surface area contributed by atoms with Crippen molar-refractivity contribution in [1.82, 2.24) is 0 Å². The highest BCUT2D eigenvalue weighted by atomic mass is 32.2. The molecule has 0 bridgehead atoms. The molecule has 0 unspecified atom stereocenters. The number of hydrogen-bond donors (Lipinski definition) is 0. The molecule has 0 radical (unpaired) electrons. The number of allylic oxidation sites excluding steroid dienone is 1. The van der Waals surface area contributed by atoms with Gasteiger partial charge in [-0.2, -0.15) is 0 Å². The first-order chi connectivity index (χ1) is 13.4. The average molecular weight is 416 g/mol. The second-order valence-electron chi connectivity index (χ2n) is 5.80. The van der Waals surface area contributed by atoms with Gasteiger partial charge >= 0.3 is 0 Å². The third kappa shape index (κ3) is 3.58. The Morgan fingerprint density at radius 1 is 1.14 bits per heavy atom. The van der Waals surface area contributed by atoms with E-state index in [1.54, 1.807) is 44.4 Å². The van der Waals surface area contributed by atoms with Crippen molar-refractivity contribution >= 4 is 51.2 Å². The zero-order valence-electron chi connectivity index (χ0n) is 15.3. The van der Waals surface area contributed by atoms with Crippen molar-refractivity contribution in [2.24, 2.45) is 0 Å². The van der Waals surface area contributed by atoms with E-state index in [1.165, 1.54) is 35.9 Å². The minimum Gasteiger partial charge on any atom is -0.497 e. The van der Waals surface area contributed by atoms with Gasteiger partial charge in [0.2, 0.25) is 0 Å². The Morgan fingerprint density at radius 2 is 1.82 bits per heavy atom. The fraction of sp³-hybridized carbons (Fsp3) is 0.158. The van der Waals surface area contributed by atoms with E-state index in [2.05, 4.69) is 0 Å². The van der Waals surface area contributed by atoms with E-state index in [4.69, 9.17) is 21.7 Å². The summed E-state index contributed by atoms with van der Waals surface area (Å²) in [6.45, 7) is 1.79. The number of amides is 1. The van der Waals surface area contributed by atoms with Gasteiger partial charge in [0.25, 0.3) is 11.6 Å². The molecule has 1 aliphatic rings. The second-order valence-corrected chi connectivity index (χ2v) is 7.45. The van der Waals surface area contributed by atoms with E-state index >= 15 is 0 Å². The highest BCUT2D eigenvalue weighted by molar-refractivity contribution is 8.27. The number of nitrogens with zero attached hydrogens (tertiary/aromatic N) is 2. The standard InChI is InChI=1S/C19H16N2O5S2/c1-11(12-4-6-13(7-5-12)21(23)24)17-18(22)20(19(27)28-17)15-9-8-14(25-2)10-16(15)26-3/h4-10H,1-3H3/b17-11-. The van der Waals surface area contributed by atoms with Gasteiger partial charge in [-0.25, -0.2) is 0 Å². The molecule has 3 rings (SSSR count). The molecule has 1 fully saturated rings. The number of rotatable bonds is 5. The quantitative estimate of drug-likeness (QED) is 0.309. The number of anilines is 1. The van der Waals surface area contributed by atoms with E-state index in [0.29, 0.717) is 37.5 Å². The predicted octanol–water partition coefficient (Wildman–Crippen LogP) is 4.41. The summed E-state index contributed by atoms with van der Waals surface area (Å²) in [5.41, 5.74) is 1.93. The van der Waals surface area contributed by atoms with Crippen LogP contribution < -0.4 is 14.4 Å². The van der Waals surface area contributed by atoms with Gasteiger partial charge in [-0.1, -0.05) is 24.0 Å². The van der Waals surface area contributed by atoms with Crippen LogP contribution in [0.5, 0.6) is 11.5 Å². The van der Waals surface area contributed by atoms with Crippen LogP contribution in [0.15, 0.2) is 47.4 Å². The van der Waals surface area contributed by atoms with Crippen LogP contribution in [0.1, 0.15) is 12.5 Å². The molecule has 0 aliphatic carbocycles. The number of benzene rings is 2. The monoisotopic (exact) mass is 416 g/mol. The number of methoxy groups -OCH3 is 2. The Morgan fingerprint density at radius 3 is 2.39 bits per heavy atom. The molecular weight excluding hydrogens is 400 g/mol. The topological polar surface area (TPSA) is 81.9 Å². The summed E-state index contributed by atoms with van der Waals surface area (Å²) >= 11 is 6.61. The predicted molar refractivity (Wildman–Crippen MR) is 113 cm³/mol. The zero-order valence-corrected chi connectivity index (χ0v) is 16.9. The Balaban J connectivity index is 1.99. The van der Waals surface area contributed by atoms with Crippen LogP contribution in [0.2, 0.25) is 0 Å². The van der Waals surface area contributed by atoms with Crippen molar-refractivity contribution in [3.63, 3.8) is 0 Å². The molecule has 0 atom stereocenters. The van der Waals surface area contributed by atoms with Crippen LogP contribution in [0, 0.1) is 10.1 Å². The number of thioether (sulfide) groups is 1. The van der Waals surface area contributed by atoms with Gasteiger partial charge in [0.05, 0.1) is 29.7 Å². The maximum Gasteiger partial charge on any atom is 0.271 e. The number of nitro benzene ring substituents is 1. The normalized spacial score (nSPS) is 15.6. The van der Waals surface area contributed by atoms with E-state index < -0.39 is 4.92 Å². The average Bonchev–Trinajstić information content (AvgIpc) is 3.00. The summed E-state index contributed by atoms with van der Waals surface area (Å²) in [6.07, 6.45) is 0. The summed E-state index contributed by atoms with van der Waals surface area (Å²) in [7, 11) is 3.05. The molecule has 9 heteroatoms. The minimum absolute atomic E-state index is 0.00734. The van der Waals surface area contributed by atoms with Crippen LogP contribution in [0.3, 0.4) is 0 Å². The maximum atomic E-state index is 13.1. The summed E-state index contributed by atoms with van der Waals surface area (Å²) in [5.74, 6) is 0.794. The fourth-order valence-corrected chi connectivity index (χ4v) is 4.07. The van der Waals surface area contributed by atoms with Gasteiger partial charge in [-0.15, -0.1) is 0 Å². The first-order valence-corrected chi connectivity index (χ1v) is 9.33. The molecule has 28 heavy (non-hydrogen) atoms. The lowest BCUT2D eigenvalue weighted by Crippen LogP contribution is -2.28. The molecule has 0 saturated carbocycles. The molecule has 2 aromatic rings. The van der Waals surface area contributed by atoms with Gasteiger partial charge in [0, 0.05) is 18.2 Å². The molecule has 7 nitrogen and oxygen atoms in total. The lowest BCUT2D eigenvalue weighted by Gasteiger charge is -2.18. The summed E-state index contributed by atoms with van der Waals surface area (Å²) in [5, 5.41) is 10.8. The van der Waals surface area contributed by atoms with Crippen LogP contribution in [0.4, 0.5) is 11.4 Å². The zero-order chi connectivity index (χ0) is 20.4. The smallest absolute Gasteiger partial charge is 0.271 e. The molecule has 1 amide bonds. The van der Waals surface area contributed by atoms with Crippen LogP contribution >= 0.6 is 24.0 Å². The van der Waals surface area contributed by atoms with Crippen LogP contribution in [-0.2, 0) is 4.79 Å². The molecule has 0 spiro atoms. The van der Waals surface area contributed by atoms with Crippen molar-refractivity contribution in [1.29, 1.82) is 0 Å². The second kappa shape index (κ2) is 7.99. The SMILES string of the molecule is COc1ccc(N2C(=O)/C(=C(\C)c3ccc([N+](=O)[O-])cc3)SC2=S)c(OC)c1. The highest BCUT2D eigenvalue weighted by Gasteiger charge is 2.36. The number of ether oxygens (including phenoxy) is 2. The van der Waals surface area contributed by atoms with Crippen molar-refractivity contribution < 1.29 is 19.2 Å². The van der Waals surface area contributed by atoms with Crippen LogP contribution in [0.25, 0.3) is 5.57 Å². The number of hydrogen-bond acceptors (Lipinski definition) is 7. The lowest BCUT2D eigenvalue weighted by molar-refractivity contribution is -0.384. The number of carbonyl (C=O) groups excluding carboxylic acids is 1. The van der Waals surface area contributed by atoms with E-state index in [9.17, 15) is 14.9 Å². The Hall–Kier alpha value is -2.91. The molecule has 1 saturated heterocycles. The third-order valence-corrected chi connectivity index (χ3v) is 5.72. The maximum absolute atomic E-state index is 13.1. The van der Waals surface area contributed by atoms with Crippen molar-refractivity contribution in [2.45, 2.75) is 6.92 Å². The Kier molecular flexibility index (Phi) is 5.66. The number of carbonyl (C=O) groups is 1. The Bertz CT molecular complexity index is 1000. The summed E-state index contributed by atoms with van der Waals surface area (Å²) < 4.78 is 11.0. The summed E-state index contributed by atoms with van der Waals surface area (Å²) in [6, 6.07) is 11.2. The number of non-ortho nitro benzene ring substituents is 1. The first-order valence-electron chi connectivity index (χ1n) is 8.11. The first kappa shape index (κ1) is 19.8. The molecular formula is C19H16N2O5S2. The number of thiocarbonyl (C=S) groups is 1. The van der Waals surface area contributed by atoms with Gasteiger partial charge < -0.3 is 9.47 Å². The molecule has 0 aromatic heterocycles. The third-order valence-electron chi connectivity index (χ3n) is 4.25. The largest absolute Gasteiger partial charge is 0.497 e. The van der Waals surface area contributed by atoms with Gasteiger partial charge in [-0.05, 0) is 42.3 Å². The van der Waals surface area contributed by atoms with Crippen molar-refractivity contribution in [2.75, 3.05) is 19.1 Å². The molecule has 0 N–H and O–H groups in total. The van der Waals surface area contributed by atoms with Crippen molar-refractivity contribution in [3.05, 3.63) is 63.0 Å². The van der Waals surface area contributed by atoms with Gasteiger partial charge in [-0.3, -0.25) is 19.8 Å². The molecule has 2 aromatic carbocycles. The lowest BCUT2D eigenvalue weighted by atomic mass is 10.1. The van der Waals surface area contributed by atoms with E-state index in [0.717, 1.165) is 0 Å². The molecule has 1 heterocycles. The molecule has 1 aliphatic heterocycles. The molecule has 144 valence electrons. The Labute approximate surface area is 171 Å². The number of nitro groups is 1. The fourth-order valence-electron chi connectivity index (χ4n) is 2.74. The van der Waals surface area contributed by atoms with Gasteiger partial charge in [0.15, 0.2) is 4.32 Å². The van der Waals surface area contributed by atoms with Gasteiger partial charge in [0.1, 0.15) is 11.5 Å². The van der Waals surface area contributed by atoms with E-state index in [1.807, 2.05) is 0 Å². The summed E-state index contributed by atoms with van der Waals surface area (Å²) in [4.78, 5) is 25.3. The van der Waals surface area contributed by atoms with Crippen molar-refractivity contribution in [3.8, 4) is 11.5 Å². The van der Waals surface area contributed by atoms with Crippen LogP contribution in [-0.4, -0.2) is 29.4 Å². The minimum atomic E-state index is -0.464. The van der Waals surface area contributed by atoms with E-state index in [-0.39, 0.29) is 11.6 Å². The highest BCUT2D eigenvalue weighted by Crippen LogP contribution is 2.43.